The van der Waals surface area contributed by atoms with Crippen molar-refractivity contribution in [2.75, 3.05) is 0 Å². The number of hydrogen-bond acceptors (Lipinski definition) is 2. The molecule has 0 fully saturated rings. The summed E-state index contributed by atoms with van der Waals surface area (Å²) in [5.41, 5.74) is 4.28. The molecule has 25 heavy (non-hydrogen) atoms. The van der Waals surface area contributed by atoms with Crippen molar-refractivity contribution in [3.8, 4) is 16.9 Å². The van der Waals surface area contributed by atoms with E-state index >= 15 is 0 Å². The third-order valence-corrected chi connectivity index (χ3v) is 5.03. The largest absolute Gasteiger partial charge is 0.264 e. The zero-order valence-electron chi connectivity index (χ0n) is 13.3. The molecular weight excluding hydrogens is 348 g/mol. The van der Waals surface area contributed by atoms with Crippen LogP contribution in [0.4, 0.5) is 5.69 Å². The van der Waals surface area contributed by atoms with Gasteiger partial charge in [-0.05, 0) is 53.5 Å². The number of hydrogen-bond donors (Lipinski definition) is 0. The van der Waals surface area contributed by atoms with Crippen molar-refractivity contribution in [1.82, 2.24) is 3.96 Å². The molecule has 2 nitrogen and oxygen atoms in total. The SMILES string of the molecule is Clc1ccc(-c2cc(=Nc3ccccc3)sn2-c2ccccc2)cc1. The van der Waals surface area contributed by atoms with Crippen LogP contribution < -0.4 is 4.67 Å². The number of halogens is 1. The van der Waals surface area contributed by atoms with Crippen molar-refractivity contribution in [1.29, 1.82) is 0 Å². The van der Waals surface area contributed by atoms with E-state index in [1.165, 1.54) is 0 Å². The second kappa shape index (κ2) is 7.09. The van der Waals surface area contributed by atoms with E-state index in [1.807, 2.05) is 72.8 Å². The molecular formula is C21H15ClN2S. The Morgan fingerprint density at radius 3 is 2.08 bits per heavy atom. The predicted octanol–water partition coefficient (Wildman–Crippen LogP) is 6.09. The van der Waals surface area contributed by atoms with E-state index < -0.39 is 0 Å². The summed E-state index contributed by atoms with van der Waals surface area (Å²) in [5, 5.41) is 0.736. The molecule has 0 aliphatic rings. The van der Waals surface area contributed by atoms with Crippen molar-refractivity contribution in [3.63, 3.8) is 0 Å². The smallest absolute Gasteiger partial charge is 0.135 e. The highest BCUT2D eigenvalue weighted by atomic mass is 35.5. The number of nitrogens with zero attached hydrogens (tertiary/aromatic N) is 2. The van der Waals surface area contributed by atoms with Gasteiger partial charge in [-0.15, -0.1) is 0 Å². The summed E-state index contributed by atoms with van der Waals surface area (Å²) in [4.78, 5) is 4.76. The Labute approximate surface area is 155 Å². The van der Waals surface area contributed by atoms with Gasteiger partial charge in [0.15, 0.2) is 0 Å². The fraction of sp³-hybridized carbons (Fsp3) is 0. The zero-order valence-corrected chi connectivity index (χ0v) is 14.9. The molecule has 0 aliphatic heterocycles. The first-order valence-corrected chi connectivity index (χ1v) is 9.09. The van der Waals surface area contributed by atoms with Gasteiger partial charge in [0.1, 0.15) is 4.67 Å². The first kappa shape index (κ1) is 15.9. The average molecular weight is 363 g/mol. The highest BCUT2D eigenvalue weighted by Crippen LogP contribution is 2.26. The Morgan fingerprint density at radius 1 is 0.760 bits per heavy atom. The molecule has 0 bridgehead atoms. The fourth-order valence-corrected chi connectivity index (χ4v) is 3.71. The summed E-state index contributed by atoms with van der Waals surface area (Å²) < 4.78 is 3.16. The maximum Gasteiger partial charge on any atom is 0.135 e. The van der Waals surface area contributed by atoms with Gasteiger partial charge in [-0.25, -0.2) is 4.99 Å². The van der Waals surface area contributed by atoms with Crippen molar-refractivity contribution in [3.05, 3.63) is 101 Å². The lowest BCUT2D eigenvalue weighted by Crippen LogP contribution is -1.92. The maximum atomic E-state index is 6.05. The zero-order chi connectivity index (χ0) is 17.1. The predicted molar refractivity (Wildman–Crippen MR) is 106 cm³/mol. The summed E-state index contributed by atoms with van der Waals surface area (Å²) in [5.74, 6) is 0. The first-order valence-electron chi connectivity index (χ1n) is 7.94. The lowest BCUT2D eigenvalue weighted by molar-refractivity contribution is 1.20. The van der Waals surface area contributed by atoms with Gasteiger partial charge in [0.2, 0.25) is 0 Å². The van der Waals surface area contributed by atoms with E-state index in [2.05, 4.69) is 22.2 Å². The molecule has 0 saturated carbocycles. The Hall–Kier alpha value is -2.62. The number of rotatable bonds is 3. The van der Waals surface area contributed by atoms with Crippen LogP contribution in [0.1, 0.15) is 0 Å². The van der Waals surface area contributed by atoms with E-state index in [9.17, 15) is 0 Å². The van der Waals surface area contributed by atoms with Crippen LogP contribution in [0.3, 0.4) is 0 Å². The summed E-state index contributed by atoms with van der Waals surface area (Å²) in [6, 6.07) is 30.3. The Balaban J connectivity index is 1.89. The molecule has 0 spiro atoms. The second-order valence-electron chi connectivity index (χ2n) is 5.54. The van der Waals surface area contributed by atoms with E-state index in [-0.39, 0.29) is 0 Å². The fourth-order valence-electron chi connectivity index (χ4n) is 2.60. The molecule has 0 unspecified atom stereocenters. The summed E-state index contributed by atoms with van der Waals surface area (Å²) in [6.45, 7) is 0. The molecule has 0 amide bonds. The molecule has 0 atom stereocenters. The van der Waals surface area contributed by atoms with Gasteiger partial charge in [0.05, 0.1) is 17.1 Å². The van der Waals surface area contributed by atoms with Crippen molar-refractivity contribution >= 4 is 28.8 Å². The molecule has 122 valence electrons. The van der Waals surface area contributed by atoms with Gasteiger partial charge in [0, 0.05) is 11.1 Å². The average Bonchev–Trinajstić information content (AvgIpc) is 3.08. The first-order chi connectivity index (χ1) is 12.3. The summed E-state index contributed by atoms with van der Waals surface area (Å²) in [6.07, 6.45) is 0. The van der Waals surface area contributed by atoms with Gasteiger partial charge in [-0.1, -0.05) is 60.1 Å². The van der Waals surface area contributed by atoms with Crippen LogP contribution in [0, 0.1) is 0 Å². The molecule has 4 aromatic rings. The highest BCUT2D eigenvalue weighted by molar-refractivity contribution is 7.04. The van der Waals surface area contributed by atoms with Gasteiger partial charge < -0.3 is 0 Å². The van der Waals surface area contributed by atoms with Crippen molar-refractivity contribution in [2.24, 2.45) is 4.99 Å². The number of benzene rings is 3. The number of para-hydroxylation sites is 2. The minimum absolute atomic E-state index is 0.736. The minimum atomic E-state index is 0.736. The van der Waals surface area contributed by atoms with Gasteiger partial charge in [0.25, 0.3) is 0 Å². The van der Waals surface area contributed by atoms with Crippen LogP contribution in [0.5, 0.6) is 0 Å². The molecule has 4 heteroatoms. The topological polar surface area (TPSA) is 17.3 Å². The normalized spacial score (nSPS) is 11.6. The molecule has 1 heterocycles. The highest BCUT2D eigenvalue weighted by Gasteiger charge is 2.09. The van der Waals surface area contributed by atoms with Crippen LogP contribution in [-0.4, -0.2) is 3.96 Å². The lowest BCUT2D eigenvalue weighted by Gasteiger charge is -2.07. The summed E-state index contributed by atoms with van der Waals surface area (Å²) >= 11 is 7.67. The van der Waals surface area contributed by atoms with Crippen LogP contribution in [0.15, 0.2) is 96.0 Å². The third kappa shape index (κ3) is 3.58. The van der Waals surface area contributed by atoms with Gasteiger partial charge in [-0.3, -0.25) is 3.96 Å². The lowest BCUT2D eigenvalue weighted by atomic mass is 10.1. The van der Waals surface area contributed by atoms with Crippen molar-refractivity contribution < 1.29 is 0 Å². The van der Waals surface area contributed by atoms with E-state index in [4.69, 9.17) is 16.6 Å². The molecule has 0 radical (unpaired) electrons. The monoisotopic (exact) mass is 362 g/mol. The Bertz CT molecular complexity index is 1030. The molecule has 4 rings (SSSR count). The Kier molecular flexibility index (Phi) is 4.51. The van der Waals surface area contributed by atoms with E-state index in [1.54, 1.807) is 11.5 Å². The van der Waals surface area contributed by atoms with Gasteiger partial charge in [-0.2, -0.15) is 0 Å². The van der Waals surface area contributed by atoms with Crippen LogP contribution in [0.25, 0.3) is 16.9 Å². The maximum absolute atomic E-state index is 6.05. The quantitative estimate of drug-likeness (QED) is 0.419. The van der Waals surface area contributed by atoms with E-state index in [0.29, 0.717) is 0 Å². The molecule has 0 aliphatic carbocycles. The second-order valence-corrected chi connectivity index (χ2v) is 6.95. The molecule has 0 saturated heterocycles. The Morgan fingerprint density at radius 2 is 1.40 bits per heavy atom. The summed E-state index contributed by atoms with van der Waals surface area (Å²) in [7, 11) is 0. The van der Waals surface area contributed by atoms with E-state index in [0.717, 1.165) is 32.3 Å². The number of aromatic nitrogens is 1. The van der Waals surface area contributed by atoms with Crippen LogP contribution >= 0.6 is 23.1 Å². The van der Waals surface area contributed by atoms with Crippen LogP contribution in [0.2, 0.25) is 5.02 Å². The van der Waals surface area contributed by atoms with Gasteiger partial charge >= 0.3 is 0 Å². The third-order valence-electron chi connectivity index (χ3n) is 3.79. The minimum Gasteiger partial charge on any atom is -0.264 e. The standard InChI is InChI=1S/C21H15ClN2S/c22-17-13-11-16(12-14-17)20-15-21(23-18-7-3-1-4-8-18)25-24(20)19-9-5-2-6-10-19/h1-15H. The molecule has 0 N–H and O–H groups in total. The molecule has 3 aromatic carbocycles. The van der Waals surface area contributed by atoms with Crippen LogP contribution in [-0.2, 0) is 0 Å². The molecule has 1 aromatic heterocycles. The van der Waals surface area contributed by atoms with Crippen molar-refractivity contribution in [2.45, 2.75) is 0 Å².